The van der Waals surface area contributed by atoms with Gasteiger partial charge in [0.15, 0.2) is 0 Å². The van der Waals surface area contributed by atoms with Crippen LogP contribution in [-0.4, -0.2) is 9.97 Å². The molecule has 0 bridgehead atoms. The Morgan fingerprint density at radius 1 is 0.786 bits per heavy atom. The van der Waals surface area contributed by atoms with E-state index < -0.39 is 0 Å². The minimum Gasteiger partial charge on any atom is -0.500 e. The number of aryl methyl sites for hydroxylation is 2. The number of aromatic nitrogens is 2. The van der Waals surface area contributed by atoms with Gasteiger partial charge in [0.1, 0.15) is 5.58 Å². The van der Waals surface area contributed by atoms with E-state index in [0.717, 1.165) is 50.9 Å². The van der Waals surface area contributed by atoms with Crippen molar-refractivity contribution < 1.29 is 24.5 Å². The molecular formula is C37H32IrN2OS-2. The van der Waals surface area contributed by atoms with E-state index in [4.69, 9.17) is 9.40 Å². The van der Waals surface area contributed by atoms with E-state index in [1.54, 1.807) is 11.3 Å². The van der Waals surface area contributed by atoms with Crippen LogP contribution < -0.4 is 0 Å². The van der Waals surface area contributed by atoms with E-state index in [9.17, 15) is 0 Å². The van der Waals surface area contributed by atoms with Gasteiger partial charge in [-0.1, -0.05) is 61.5 Å². The van der Waals surface area contributed by atoms with E-state index in [0.29, 0.717) is 0 Å². The molecule has 0 atom stereocenters. The average Bonchev–Trinajstić information content (AvgIpc) is 3.59. The van der Waals surface area contributed by atoms with Crippen LogP contribution in [-0.2, 0) is 26.5 Å². The predicted molar refractivity (Wildman–Crippen MR) is 172 cm³/mol. The molecule has 0 aliphatic carbocycles. The van der Waals surface area contributed by atoms with Crippen molar-refractivity contribution in [2.24, 2.45) is 5.41 Å². The van der Waals surface area contributed by atoms with Crippen LogP contribution >= 0.6 is 11.3 Å². The number of rotatable bonds is 3. The molecule has 1 radical (unpaired) electrons. The van der Waals surface area contributed by atoms with Gasteiger partial charge in [-0.3, -0.25) is 0 Å². The van der Waals surface area contributed by atoms with Crippen molar-refractivity contribution in [3.63, 3.8) is 0 Å². The quantitative estimate of drug-likeness (QED) is 0.169. The molecular weight excluding hydrogens is 713 g/mol. The summed E-state index contributed by atoms with van der Waals surface area (Å²) in [6.45, 7) is 11.0. The molecule has 0 fully saturated rings. The number of thiophene rings is 1. The summed E-state index contributed by atoms with van der Waals surface area (Å²) in [4.78, 5) is 9.04. The van der Waals surface area contributed by atoms with Crippen molar-refractivity contribution in [1.82, 2.24) is 9.97 Å². The van der Waals surface area contributed by atoms with Crippen molar-refractivity contribution in [3.05, 3.63) is 119 Å². The Balaban J connectivity index is 0.000000212. The van der Waals surface area contributed by atoms with Crippen molar-refractivity contribution in [2.45, 2.75) is 41.0 Å². The zero-order valence-corrected chi connectivity index (χ0v) is 27.6. The third-order valence-electron chi connectivity index (χ3n) is 7.12. The SMILES string of the molecule is Cc1ccc(-c2[c-]cccc2)nc1.Cc1cnc(-c2[c-]ccc3c2oc2c4ccsc4ccc32)cc1CC(C)(C)C.[Ir]. The number of hydrogen-bond donors (Lipinski definition) is 0. The summed E-state index contributed by atoms with van der Waals surface area (Å²) < 4.78 is 7.66. The van der Waals surface area contributed by atoms with Crippen molar-refractivity contribution in [1.29, 1.82) is 0 Å². The summed E-state index contributed by atoms with van der Waals surface area (Å²) in [5.74, 6) is 0. The third-order valence-corrected chi connectivity index (χ3v) is 8.00. The topological polar surface area (TPSA) is 38.9 Å². The zero-order valence-electron chi connectivity index (χ0n) is 24.4. The molecule has 0 N–H and O–H groups in total. The monoisotopic (exact) mass is 745 g/mol. The summed E-state index contributed by atoms with van der Waals surface area (Å²) in [7, 11) is 0. The summed E-state index contributed by atoms with van der Waals surface area (Å²) in [5, 5.41) is 5.56. The Morgan fingerprint density at radius 3 is 2.33 bits per heavy atom. The Hall–Kier alpha value is -3.63. The molecule has 0 aliphatic heterocycles. The molecule has 0 saturated heterocycles. The summed E-state index contributed by atoms with van der Waals surface area (Å²) in [5.41, 5.74) is 9.68. The normalized spacial score (nSPS) is 11.4. The Bertz CT molecular complexity index is 1970. The largest absolute Gasteiger partial charge is 0.500 e. The van der Waals surface area contributed by atoms with Crippen LogP contribution in [0.25, 0.3) is 54.5 Å². The molecule has 3 aromatic carbocycles. The van der Waals surface area contributed by atoms with Gasteiger partial charge in [0.05, 0.1) is 5.58 Å². The molecule has 5 heteroatoms. The summed E-state index contributed by atoms with van der Waals surface area (Å²) >= 11 is 1.74. The van der Waals surface area contributed by atoms with E-state index >= 15 is 0 Å². The van der Waals surface area contributed by atoms with Crippen LogP contribution in [0.3, 0.4) is 0 Å². The van der Waals surface area contributed by atoms with Crippen molar-refractivity contribution in [3.8, 4) is 22.5 Å². The first kappa shape index (κ1) is 29.8. The second-order valence-electron chi connectivity index (χ2n) is 11.7. The fraction of sp³-hybridized carbons (Fsp3) is 0.189. The van der Waals surface area contributed by atoms with Gasteiger partial charge in [0.25, 0.3) is 0 Å². The molecule has 0 aliphatic rings. The number of hydrogen-bond acceptors (Lipinski definition) is 4. The van der Waals surface area contributed by atoms with E-state index in [1.807, 2.05) is 55.7 Å². The van der Waals surface area contributed by atoms with Gasteiger partial charge in [-0.25, -0.2) is 0 Å². The number of nitrogens with zero attached hydrogens (tertiary/aromatic N) is 2. The van der Waals surface area contributed by atoms with E-state index in [1.165, 1.54) is 26.8 Å². The number of furan rings is 1. The maximum absolute atomic E-state index is 6.42. The fourth-order valence-electron chi connectivity index (χ4n) is 5.08. The second kappa shape index (κ2) is 12.3. The number of fused-ring (bicyclic) bond motifs is 5. The second-order valence-corrected chi connectivity index (χ2v) is 12.7. The Morgan fingerprint density at radius 2 is 1.60 bits per heavy atom. The number of benzene rings is 3. The molecule has 213 valence electrons. The average molecular weight is 745 g/mol. The summed E-state index contributed by atoms with van der Waals surface area (Å²) in [6.07, 6.45) is 4.86. The van der Waals surface area contributed by atoms with Gasteiger partial charge in [0, 0.05) is 48.0 Å². The van der Waals surface area contributed by atoms with Crippen LogP contribution in [0.2, 0.25) is 0 Å². The van der Waals surface area contributed by atoms with Crippen LogP contribution in [0.1, 0.15) is 37.5 Å². The van der Waals surface area contributed by atoms with Crippen LogP contribution in [0, 0.1) is 31.4 Å². The molecule has 4 heterocycles. The first-order chi connectivity index (χ1) is 19.8. The van der Waals surface area contributed by atoms with Crippen molar-refractivity contribution in [2.75, 3.05) is 0 Å². The van der Waals surface area contributed by atoms with Gasteiger partial charge in [0.2, 0.25) is 0 Å². The minimum absolute atomic E-state index is 0. The molecule has 7 rings (SSSR count). The summed E-state index contributed by atoms with van der Waals surface area (Å²) in [6, 6.07) is 31.2. The first-order valence-electron chi connectivity index (χ1n) is 13.9. The van der Waals surface area contributed by atoms with E-state index in [-0.39, 0.29) is 25.5 Å². The van der Waals surface area contributed by atoms with Crippen LogP contribution in [0.4, 0.5) is 0 Å². The fourth-order valence-corrected chi connectivity index (χ4v) is 5.86. The van der Waals surface area contributed by atoms with Crippen LogP contribution in [0.15, 0.2) is 95.0 Å². The first-order valence-corrected chi connectivity index (χ1v) is 14.7. The molecule has 0 spiro atoms. The molecule has 3 nitrogen and oxygen atoms in total. The van der Waals surface area contributed by atoms with Gasteiger partial charge in [-0.2, -0.15) is 0 Å². The van der Waals surface area contributed by atoms with Gasteiger partial charge in [-0.05, 0) is 65.7 Å². The van der Waals surface area contributed by atoms with Gasteiger partial charge in [-0.15, -0.1) is 65.4 Å². The predicted octanol–water partition coefficient (Wildman–Crippen LogP) is 10.4. The molecule has 42 heavy (non-hydrogen) atoms. The molecule has 0 unspecified atom stereocenters. The standard InChI is InChI=1S/C25H22NOS.C12H10N.Ir/c1-15-14-26-21(12-16(15)13-25(2,3)4)19-7-5-6-17-18-8-9-22-20(10-11-28-22)24(18)27-23(17)19;1-10-7-8-12(13-9-10)11-5-3-2-4-6-11;/h5-6,8-12,14H,13H2,1-4H3;2-5,7-9H,1H3;/q2*-1;. The minimum atomic E-state index is 0. The zero-order chi connectivity index (χ0) is 28.6. The van der Waals surface area contributed by atoms with Crippen LogP contribution in [0.5, 0.6) is 0 Å². The maximum atomic E-state index is 6.42. The smallest absolute Gasteiger partial charge is 0.129 e. The molecule has 4 aromatic heterocycles. The van der Waals surface area contributed by atoms with E-state index in [2.05, 4.69) is 86.6 Å². The third kappa shape index (κ3) is 6.24. The Labute approximate surface area is 265 Å². The van der Waals surface area contributed by atoms with Gasteiger partial charge >= 0.3 is 0 Å². The van der Waals surface area contributed by atoms with Crippen molar-refractivity contribution >= 4 is 43.4 Å². The molecule has 7 aromatic rings. The molecule has 0 amide bonds. The maximum Gasteiger partial charge on any atom is 0.129 e. The number of pyridine rings is 2. The molecule has 0 saturated carbocycles. The van der Waals surface area contributed by atoms with Gasteiger partial charge < -0.3 is 14.4 Å². The Kier molecular flexibility index (Phi) is 8.75.